The number of nitrogens with one attached hydrogen (secondary N) is 1. The topological polar surface area (TPSA) is 46.2 Å². The molecule has 0 aromatic carbocycles. The second-order valence-electron chi connectivity index (χ2n) is 4.50. The molecule has 0 heterocycles. The molecule has 1 fully saturated rings. The molecule has 3 nitrogen and oxygen atoms in total. The molecular formula is C11H19NO2. The zero-order chi connectivity index (χ0) is 10.7. The second kappa shape index (κ2) is 4.58. The fourth-order valence-corrected chi connectivity index (χ4v) is 1.88. The van der Waals surface area contributed by atoms with Gasteiger partial charge in [-0.05, 0) is 26.7 Å². The Morgan fingerprint density at radius 3 is 2.64 bits per heavy atom. The second-order valence-corrected chi connectivity index (χ2v) is 4.50. The van der Waals surface area contributed by atoms with Crippen LogP contribution >= 0.6 is 0 Å². The van der Waals surface area contributed by atoms with Crippen LogP contribution in [-0.2, 0) is 9.59 Å². The van der Waals surface area contributed by atoms with E-state index in [1.54, 1.807) is 0 Å². The van der Waals surface area contributed by atoms with Gasteiger partial charge in [0.05, 0.1) is 0 Å². The molecular weight excluding hydrogens is 178 g/mol. The molecule has 1 amide bonds. The van der Waals surface area contributed by atoms with E-state index in [9.17, 15) is 9.59 Å². The highest BCUT2D eigenvalue weighted by molar-refractivity contribution is 5.86. The van der Waals surface area contributed by atoms with Crippen LogP contribution in [-0.4, -0.2) is 17.7 Å². The molecule has 0 radical (unpaired) electrons. The van der Waals surface area contributed by atoms with E-state index < -0.39 is 0 Å². The van der Waals surface area contributed by atoms with Gasteiger partial charge in [-0.3, -0.25) is 9.59 Å². The van der Waals surface area contributed by atoms with Crippen molar-refractivity contribution in [1.82, 2.24) is 5.32 Å². The standard InChI is InChI=1S/C11H19NO2/c1-7(2)12-11(14)9-4-5-10(13)8(3)6-9/h7-9H,4-6H2,1-3H3,(H,12,14)/t8-,9-/m0/s1. The molecule has 0 aromatic heterocycles. The highest BCUT2D eigenvalue weighted by Gasteiger charge is 2.29. The van der Waals surface area contributed by atoms with E-state index in [2.05, 4.69) is 5.32 Å². The van der Waals surface area contributed by atoms with Gasteiger partial charge in [-0.15, -0.1) is 0 Å². The van der Waals surface area contributed by atoms with Crippen molar-refractivity contribution in [3.63, 3.8) is 0 Å². The van der Waals surface area contributed by atoms with Gasteiger partial charge in [0.25, 0.3) is 0 Å². The first-order valence-electron chi connectivity index (χ1n) is 5.33. The fourth-order valence-electron chi connectivity index (χ4n) is 1.88. The highest BCUT2D eigenvalue weighted by atomic mass is 16.2. The van der Waals surface area contributed by atoms with Crippen LogP contribution in [0, 0.1) is 11.8 Å². The summed E-state index contributed by atoms with van der Waals surface area (Å²) in [6.07, 6.45) is 2.01. The number of amides is 1. The van der Waals surface area contributed by atoms with Crippen molar-refractivity contribution in [3.8, 4) is 0 Å². The van der Waals surface area contributed by atoms with Crippen molar-refractivity contribution < 1.29 is 9.59 Å². The Hall–Kier alpha value is -0.860. The molecule has 1 rings (SSSR count). The van der Waals surface area contributed by atoms with Crippen LogP contribution in [0.15, 0.2) is 0 Å². The van der Waals surface area contributed by atoms with Gasteiger partial charge in [0.2, 0.25) is 5.91 Å². The summed E-state index contributed by atoms with van der Waals surface area (Å²) in [6.45, 7) is 5.82. The number of rotatable bonds is 2. The van der Waals surface area contributed by atoms with E-state index >= 15 is 0 Å². The Kier molecular flexibility index (Phi) is 3.67. The van der Waals surface area contributed by atoms with E-state index in [1.165, 1.54) is 0 Å². The number of hydrogen-bond acceptors (Lipinski definition) is 2. The van der Waals surface area contributed by atoms with Crippen molar-refractivity contribution in [2.75, 3.05) is 0 Å². The van der Waals surface area contributed by atoms with Crippen LogP contribution in [0.1, 0.15) is 40.0 Å². The van der Waals surface area contributed by atoms with Gasteiger partial charge in [-0.2, -0.15) is 0 Å². The maximum Gasteiger partial charge on any atom is 0.223 e. The summed E-state index contributed by atoms with van der Waals surface area (Å²) in [6, 6.07) is 0.190. The molecule has 0 saturated heterocycles. The Labute approximate surface area is 85.3 Å². The Bertz CT molecular complexity index is 235. The zero-order valence-electron chi connectivity index (χ0n) is 9.17. The molecule has 80 valence electrons. The lowest BCUT2D eigenvalue weighted by Crippen LogP contribution is -2.39. The lowest BCUT2D eigenvalue weighted by molar-refractivity contribution is -0.131. The van der Waals surface area contributed by atoms with Crippen molar-refractivity contribution >= 4 is 11.7 Å². The third-order valence-corrected chi connectivity index (χ3v) is 2.73. The van der Waals surface area contributed by atoms with Crippen LogP contribution in [0.5, 0.6) is 0 Å². The minimum atomic E-state index is 0.0464. The maximum atomic E-state index is 11.6. The molecule has 0 spiro atoms. The number of carbonyl (C=O) groups excluding carboxylic acids is 2. The smallest absolute Gasteiger partial charge is 0.223 e. The minimum Gasteiger partial charge on any atom is -0.354 e. The van der Waals surface area contributed by atoms with Gasteiger partial charge in [-0.25, -0.2) is 0 Å². The average molecular weight is 197 g/mol. The van der Waals surface area contributed by atoms with Crippen LogP contribution in [0.2, 0.25) is 0 Å². The van der Waals surface area contributed by atoms with Crippen LogP contribution in [0.3, 0.4) is 0 Å². The maximum absolute atomic E-state index is 11.6. The lowest BCUT2D eigenvalue weighted by atomic mass is 9.81. The Morgan fingerprint density at radius 1 is 1.50 bits per heavy atom. The van der Waals surface area contributed by atoms with E-state index in [0.29, 0.717) is 12.2 Å². The summed E-state index contributed by atoms with van der Waals surface area (Å²) >= 11 is 0. The molecule has 3 heteroatoms. The molecule has 0 bridgehead atoms. The predicted molar refractivity (Wildman–Crippen MR) is 54.8 cm³/mol. The molecule has 14 heavy (non-hydrogen) atoms. The Morgan fingerprint density at radius 2 is 2.14 bits per heavy atom. The largest absolute Gasteiger partial charge is 0.354 e. The van der Waals surface area contributed by atoms with Gasteiger partial charge in [-0.1, -0.05) is 6.92 Å². The summed E-state index contributed by atoms with van der Waals surface area (Å²) < 4.78 is 0. The molecule has 1 aliphatic carbocycles. The normalized spacial score (nSPS) is 27.9. The first kappa shape index (κ1) is 11.2. The van der Waals surface area contributed by atoms with Gasteiger partial charge < -0.3 is 5.32 Å². The zero-order valence-corrected chi connectivity index (χ0v) is 9.17. The SMILES string of the molecule is CC(C)NC(=O)[C@H]1CCC(=O)[C@@H](C)C1. The Balaban J connectivity index is 2.46. The van der Waals surface area contributed by atoms with Crippen molar-refractivity contribution in [2.45, 2.75) is 46.1 Å². The third kappa shape index (κ3) is 2.82. The monoisotopic (exact) mass is 197 g/mol. The number of Topliss-reactive ketones (excluding diaryl/α,β-unsaturated/α-hetero) is 1. The highest BCUT2D eigenvalue weighted by Crippen LogP contribution is 2.26. The third-order valence-electron chi connectivity index (χ3n) is 2.73. The summed E-state index contributed by atoms with van der Waals surface area (Å²) in [7, 11) is 0. The molecule has 1 aliphatic rings. The van der Waals surface area contributed by atoms with Crippen molar-refractivity contribution in [3.05, 3.63) is 0 Å². The quantitative estimate of drug-likeness (QED) is 0.729. The van der Waals surface area contributed by atoms with Gasteiger partial charge in [0, 0.05) is 24.3 Å². The van der Waals surface area contributed by atoms with E-state index in [0.717, 1.165) is 12.8 Å². The van der Waals surface area contributed by atoms with Crippen LogP contribution < -0.4 is 5.32 Å². The average Bonchev–Trinajstić information content (AvgIpc) is 2.08. The van der Waals surface area contributed by atoms with Gasteiger partial charge in [0.1, 0.15) is 5.78 Å². The number of carbonyl (C=O) groups is 2. The van der Waals surface area contributed by atoms with Crippen LogP contribution in [0.25, 0.3) is 0 Å². The fraction of sp³-hybridized carbons (Fsp3) is 0.818. The van der Waals surface area contributed by atoms with E-state index in [1.807, 2.05) is 20.8 Å². The first-order valence-corrected chi connectivity index (χ1v) is 5.33. The summed E-state index contributed by atoms with van der Waals surface area (Å²) in [5, 5.41) is 2.90. The molecule has 1 saturated carbocycles. The molecule has 0 aromatic rings. The summed E-state index contributed by atoms with van der Waals surface area (Å²) in [4.78, 5) is 22.9. The first-order chi connectivity index (χ1) is 6.50. The summed E-state index contributed by atoms with van der Waals surface area (Å²) in [5.74, 6) is 0.523. The van der Waals surface area contributed by atoms with Crippen LogP contribution in [0.4, 0.5) is 0 Å². The van der Waals surface area contributed by atoms with E-state index in [-0.39, 0.29) is 23.8 Å². The summed E-state index contributed by atoms with van der Waals surface area (Å²) in [5.41, 5.74) is 0. The number of ketones is 1. The number of hydrogen-bond donors (Lipinski definition) is 1. The van der Waals surface area contributed by atoms with Gasteiger partial charge >= 0.3 is 0 Å². The minimum absolute atomic E-state index is 0.0464. The predicted octanol–water partition coefficient (Wildman–Crippen LogP) is 1.52. The van der Waals surface area contributed by atoms with Gasteiger partial charge in [0.15, 0.2) is 0 Å². The lowest BCUT2D eigenvalue weighted by Gasteiger charge is -2.25. The molecule has 0 unspecified atom stereocenters. The molecule has 0 aliphatic heterocycles. The molecule has 1 N–H and O–H groups in total. The molecule has 2 atom stereocenters. The van der Waals surface area contributed by atoms with Crippen molar-refractivity contribution in [2.24, 2.45) is 11.8 Å². The van der Waals surface area contributed by atoms with Crippen molar-refractivity contribution in [1.29, 1.82) is 0 Å². The van der Waals surface area contributed by atoms with E-state index in [4.69, 9.17) is 0 Å².